The molecular formula is C30H33F3N4O3. The third kappa shape index (κ3) is 6.93. The third-order valence-electron chi connectivity index (χ3n) is 6.17. The summed E-state index contributed by atoms with van der Waals surface area (Å²) >= 11 is 0. The van der Waals surface area contributed by atoms with Crippen LogP contribution in [0, 0.1) is 0 Å². The van der Waals surface area contributed by atoms with Gasteiger partial charge in [-0.15, -0.1) is 0 Å². The van der Waals surface area contributed by atoms with Crippen LogP contribution in [0.3, 0.4) is 0 Å². The Balaban J connectivity index is 1.59. The summed E-state index contributed by atoms with van der Waals surface area (Å²) in [6.07, 6.45) is -4.94. The maximum Gasteiger partial charge on any atom is 0.416 e. The maximum absolute atomic E-state index is 13.9. The molecule has 0 aliphatic heterocycles. The number of H-pyrrole nitrogens is 1. The number of hydrogen-bond acceptors (Lipinski definition) is 5. The van der Waals surface area contributed by atoms with Gasteiger partial charge in [0, 0.05) is 32.2 Å². The molecule has 1 heterocycles. The highest BCUT2D eigenvalue weighted by atomic mass is 19.4. The van der Waals surface area contributed by atoms with Gasteiger partial charge >= 0.3 is 12.3 Å². The summed E-state index contributed by atoms with van der Waals surface area (Å²) in [5.41, 5.74) is 1.87. The van der Waals surface area contributed by atoms with Gasteiger partial charge in [-0.2, -0.15) is 13.2 Å². The summed E-state index contributed by atoms with van der Waals surface area (Å²) in [4.78, 5) is 21.4. The van der Waals surface area contributed by atoms with E-state index in [0.29, 0.717) is 53.4 Å². The molecule has 0 atom stereocenters. The van der Waals surface area contributed by atoms with Crippen molar-refractivity contribution >= 4 is 17.1 Å². The number of carbonyl (C=O) groups excluding carboxylic acids is 1. The third-order valence-corrected chi connectivity index (χ3v) is 6.17. The van der Waals surface area contributed by atoms with Crippen LogP contribution in [-0.2, 0) is 17.5 Å². The normalized spacial score (nSPS) is 12.0. The van der Waals surface area contributed by atoms with Crippen LogP contribution in [0.25, 0.3) is 33.5 Å². The van der Waals surface area contributed by atoms with Gasteiger partial charge in [0.1, 0.15) is 17.2 Å². The van der Waals surface area contributed by atoms with Crippen molar-refractivity contribution in [1.82, 2.24) is 20.2 Å². The number of nitrogens with one attached hydrogen (secondary N) is 2. The average Bonchev–Trinajstić information content (AvgIpc) is 3.33. The number of aromatic amines is 1. The van der Waals surface area contributed by atoms with Crippen LogP contribution in [0.1, 0.15) is 31.9 Å². The number of alkyl halides is 3. The molecule has 10 heteroatoms. The number of likely N-dealkylation sites (N-methyl/N-ethyl adjacent to an activating group) is 1. The lowest BCUT2D eigenvalue weighted by atomic mass is 9.99. The zero-order valence-corrected chi connectivity index (χ0v) is 23.1. The van der Waals surface area contributed by atoms with Crippen molar-refractivity contribution in [2.45, 2.75) is 39.1 Å². The second-order valence-electron chi connectivity index (χ2n) is 10.5. The molecule has 40 heavy (non-hydrogen) atoms. The molecule has 3 aromatic carbocycles. The van der Waals surface area contributed by atoms with E-state index in [9.17, 15) is 18.0 Å². The zero-order chi connectivity index (χ0) is 29.1. The number of amides is 1. The summed E-state index contributed by atoms with van der Waals surface area (Å²) in [5.74, 6) is 0.976. The number of hydrogen-bond donors (Lipinski definition) is 2. The molecule has 4 rings (SSSR count). The predicted molar refractivity (Wildman–Crippen MR) is 149 cm³/mol. The van der Waals surface area contributed by atoms with Crippen molar-refractivity contribution in [3.8, 4) is 28.3 Å². The van der Waals surface area contributed by atoms with Gasteiger partial charge in [-0.3, -0.25) is 0 Å². The molecule has 0 aliphatic rings. The van der Waals surface area contributed by atoms with E-state index < -0.39 is 23.4 Å². The van der Waals surface area contributed by atoms with Gasteiger partial charge in [0.05, 0.1) is 29.3 Å². The van der Waals surface area contributed by atoms with Crippen LogP contribution in [0.5, 0.6) is 5.75 Å². The molecule has 0 unspecified atom stereocenters. The molecule has 0 radical (unpaired) electrons. The van der Waals surface area contributed by atoms with E-state index in [1.807, 2.05) is 45.0 Å². The maximum atomic E-state index is 13.9. The zero-order valence-electron chi connectivity index (χ0n) is 23.1. The van der Waals surface area contributed by atoms with E-state index in [2.05, 4.69) is 15.3 Å². The van der Waals surface area contributed by atoms with E-state index in [1.165, 1.54) is 12.0 Å². The minimum Gasteiger partial charge on any atom is -0.496 e. The lowest BCUT2D eigenvalue weighted by molar-refractivity contribution is -0.137. The second kappa shape index (κ2) is 11.6. The highest BCUT2D eigenvalue weighted by Gasteiger charge is 2.32. The molecule has 1 amide bonds. The Morgan fingerprint density at radius 1 is 1.02 bits per heavy atom. The Labute approximate surface area is 231 Å². The van der Waals surface area contributed by atoms with Crippen LogP contribution >= 0.6 is 0 Å². The van der Waals surface area contributed by atoms with Crippen LogP contribution < -0.4 is 10.1 Å². The van der Waals surface area contributed by atoms with Crippen molar-refractivity contribution in [2.75, 3.05) is 27.2 Å². The first-order valence-electron chi connectivity index (χ1n) is 12.8. The molecule has 7 nitrogen and oxygen atoms in total. The Hall–Kier alpha value is -4.05. The number of carbonyl (C=O) groups is 1. The molecule has 0 spiro atoms. The number of ether oxygens (including phenoxy) is 2. The minimum atomic E-state index is -4.53. The molecule has 4 aromatic rings. The summed E-state index contributed by atoms with van der Waals surface area (Å²) in [7, 11) is 3.20. The second-order valence-corrected chi connectivity index (χ2v) is 10.5. The predicted octanol–water partition coefficient (Wildman–Crippen LogP) is 6.88. The summed E-state index contributed by atoms with van der Waals surface area (Å²) in [6.45, 7) is 6.84. The lowest BCUT2D eigenvalue weighted by Gasteiger charge is -2.24. The van der Waals surface area contributed by atoms with Gasteiger partial charge in [-0.25, -0.2) is 9.78 Å². The van der Waals surface area contributed by atoms with E-state index in [4.69, 9.17) is 9.47 Å². The van der Waals surface area contributed by atoms with Gasteiger partial charge in [0.15, 0.2) is 0 Å². The fourth-order valence-corrected chi connectivity index (χ4v) is 4.23. The van der Waals surface area contributed by atoms with Gasteiger partial charge in [0.25, 0.3) is 0 Å². The monoisotopic (exact) mass is 554 g/mol. The average molecular weight is 555 g/mol. The molecule has 0 fully saturated rings. The van der Waals surface area contributed by atoms with Crippen molar-refractivity contribution in [3.05, 3.63) is 71.8 Å². The van der Waals surface area contributed by atoms with Crippen LogP contribution in [0.4, 0.5) is 18.0 Å². The van der Waals surface area contributed by atoms with Gasteiger partial charge in [-0.1, -0.05) is 30.3 Å². The first kappa shape index (κ1) is 28.9. The molecule has 2 N–H and O–H groups in total. The van der Waals surface area contributed by atoms with E-state index >= 15 is 0 Å². The van der Waals surface area contributed by atoms with E-state index in [-0.39, 0.29) is 5.52 Å². The molecule has 0 bridgehead atoms. The quantitative estimate of drug-likeness (QED) is 0.232. The number of methoxy groups -OCH3 is 1. The Morgan fingerprint density at radius 2 is 1.77 bits per heavy atom. The van der Waals surface area contributed by atoms with Crippen LogP contribution in [0.2, 0.25) is 0 Å². The molecule has 0 aliphatic carbocycles. The van der Waals surface area contributed by atoms with E-state index in [1.54, 1.807) is 31.3 Å². The fraction of sp³-hybridized carbons (Fsp3) is 0.333. The smallest absolute Gasteiger partial charge is 0.416 e. The molecule has 212 valence electrons. The van der Waals surface area contributed by atoms with Crippen molar-refractivity contribution in [3.63, 3.8) is 0 Å². The molecule has 0 saturated carbocycles. The summed E-state index contributed by atoms with van der Waals surface area (Å²) < 4.78 is 52.3. The number of aromatic nitrogens is 2. The van der Waals surface area contributed by atoms with Gasteiger partial charge in [-0.05, 0) is 62.2 Å². The number of imidazole rings is 1. The number of nitrogens with zero attached hydrogens (tertiary/aromatic N) is 2. The molecule has 1 aromatic heterocycles. The highest BCUT2D eigenvalue weighted by Crippen LogP contribution is 2.38. The molecule has 0 saturated heterocycles. The minimum absolute atomic E-state index is 0.277. The topological polar surface area (TPSA) is 79.5 Å². The van der Waals surface area contributed by atoms with Gasteiger partial charge < -0.3 is 24.7 Å². The van der Waals surface area contributed by atoms with Crippen molar-refractivity contribution < 1.29 is 27.4 Å². The SMILES string of the molecule is COc1ccccc1-c1nc2c(-c3cccc(CNCCN(C)C(=O)OC(C)(C)C)c3)cc(C(F)(F)F)cc2[nH]1. The molecular weight excluding hydrogens is 521 g/mol. The fourth-order valence-electron chi connectivity index (χ4n) is 4.23. The van der Waals surface area contributed by atoms with Crippen molar-refractivity contribution in [2.24, 2.45) is 0 Å². The Kier molecular flexibility index (Phi) is 8.39. The Morgan fingerprint density at radius 3 is 2.48 bits per heavy atom. The number of fused-ring (bicyclic) bond motifs is 1. The summed E-state index contributed by atoms with van der Waals surface area (Å²) in [5, 5.41) is 3.27. The van der Waals surface area contributed by atoms with Crippen molar-refractivity contribution in [1.29, 1.82) is 0 Å². The first-order chi connectivity index (χ1) is 18.9. The number of benzene rings is 3. The van der Waals surface area contributed by atoms with E-state index in [0.717, 1.165) is 17.7 Å². The number of rotatable bonds is 8. The highest BCUT2D eigenvalue weighted by molar-refractivity contribution is 5.95. The largest absolute Gasteiger partial charge is 0.496 e. The van der Waals surface area contributed by atoms with Crippen LogP contribution in [-0.4, -0.2) is 53.8 Å². The van der Waals surface area contributed by atoms with Gasteiger partial charge in [0.2, 0.25) is 0 Å². The number of para-hydroxylation sites is 1. The summed E-state index contributed by atoms with van der Waals surface area (Å²) in [6, 6.07) is 16.7. The standard InChI is InChI=1S/C30H33F3N4O3/c1-29(2,3)40-28(38)37(4)14-13-34-18-19-9-8-10-20(15-19)23-16-21(30(31,32)33)17-24-26(23)36-27(35-24)22-11-6-7-12-25(22)39-5/h6-12,15-17,34H,13-14,18H2,1-5H3,(H,35,36). The first-order valence-corrected chi connectivity index (χ1v) is 12.8. The van der Waals surface area contributed by atoms with Crippen LogP contribution in [0.15, 0.2) is 60.7 Å². The lowest BCUT2D eigenvalue weighted by Crippen LogP contribution is -2.37. The Bertz CT molecular complexity index is 1490. The number of halogens is 3.